The summed E-state index contributed by atoms with van der Waals surface area (Å²) in [5.41, 5.74) is 18.2. The molecule has 0 aromatic heterocycles. The third-order valence-electron chi connectivity index (χ3n) is 10.7. The van der Waals surface area contributed by atoms with Gasteiger partial charge < -0.3 is 4.90 Å². The minimum Gasteiger partial charge on any atom is -0.309 e. The Morgan fingerprint density at radius 1 is 0.308 bits per heavy atom. The molecule has 8 aromatic carbocycles. The maximum Gasteiger partial charge on any atom is 0.0540 e. The van der Waals surface area contributed by atoms with Crippen molar-refractivity contribution in [3.63, 3.8) is 0 Å². The van der Waals surface area contributed by atoms with E-state index < -0.39 is 0 Å². The second-order valence-corrected chi connectivity index (χ2v) is 14.1. The smallest absolute Gasteiger partial charge is 0.0540 e. The van der Waals surface area contributed by atoms with Crippen molar-refractivity contribution in [3.8, 4) is 55.6 Å². The van der Waals surface area contributed by atoms with Gasteiger partial charge in [-0.1, -0.05) is 190 Å². The lowest BCUT2D eigenvalue weighted by Gasteiger charge is -2.32. The Hall–Kier alpha value is -6.44. The summed E-state index contributed by atoms with van der Waals surface area (Å²) in [6.45, 7) is 4.71. The lowest BCUT2D eigenvalue weighted by atomic mass is 9.82. The second-order valence-electron chi connectivity index (χ2n) is 14.1. The van der Waals surface area contributed by atoms with E-state index in [1.807, 2.05) is 0 Å². The van der Waals surface area contributed by atoms with E-state index in [4.69, 9.17) is 0 Å². The quantitative estimate of drug-likeness (QED) is 0.164. The van der Waals surface area contributed by atoms with Crippen LogP contribution in [0.3, 0.4) is 0 Å². The highest BCUT2D eigenvalue weighted by Crippen LogP contribution is 2.54. The summed E-state index contributed by atoms with van der Waals surface area (Å²) >= 11 is 0. The zero-order chi connectivity index (χ0) is 35.1. The molecular weight excluding hydrogens is 627 g/mol. The van der Waals surface area contributed by atoms with Crippen LogP contribution in [0, 0.1) is 0 Å². The summed E-state index contributed by atoms with van der Waals surface area (Å²) in [7, 11) is 0. The van der Waals surface area contributed by atoms with Crippen LogP contribution < -0.4 is 4.90 Å². The number of rotatable bonds is 7. The Kier molecular flexibility index (Phi) is 7.90. The largest absolute Gasteiger partial charge is 0.309 e. The van der Waals surface area contributed by atoms with Gasteiger partial charge >= 0.3 is 0 Å². The van der Waals surface area contributed by atoms with E-state index >= 15 is 0 Å². The van der Waals surface area contributed by atoms with Gasteiger partial charge in [-0.25, -0.2) is 0 Å². The monoisotopic (exact) mass is 665 g/mol. The minimum absolute atomic E-state index is 0.0930. The number of nitrogens with zero attached hydrogens (tertiary/aromatic N) is 1. The average molecular weight is 666 g/mol. The Labute approximate surface area is 307 Å². The summed E-state index contributed by atoms with van der Waals surface area (Å²) in [6, 6.07) is 72.8. The Morgan fingerprint density at radius 2 is 0.769 bits per heavy atom. The van der Waals surface area contributed by atoms with E-state index in [1.54, 1.807) is 0 Å². The molecule has 0 saturated carbocycles. The molecule has 9 rings (SSSR count). The molecule has 0 amide bonds. The molecule has 1 aliphatic rings. The van der Waals surface area contributed by atoms with Crippen LogP contribution in [0.25, 0.3) is 55.6 Å². The first-order valence-corrected chi connectivity index (χ1v) is 18.1. The van der Waals surface area contributed by atoms with Crippen molar-refractivity contribution in [2.24, 2.45) is 0 Å². The molecule has 0 fully saturated rings. The van der Waals surface area contributed by atoms with E-state index in [0.717, 1.165) is 17.1 Å². The van der Waals surface area contributed by atoms with E-state index in [0.29, 0.717) is 0 Å². The molecule has 0 aliphatic heterocycles. The van der Waals surface area contributed by atoms with Gasteiger partial charge in [0.05, 0.1) is 17.1 Å². The van der Waals surface area contributed by atoms with Crippen LogP contribution in [0.15, 0.2) is 200 Å². The van der Waals surface area contributed by atoms with Crippen LogP contribution in [0.2, 0.25) is 0 Å². The van der Waals surface area contributed by atoms with Gasteiger partial charge in [0.2, 0.25) is 0 Å². The Bertz CT molecular complexity index is 2530. The molecule has 0 spiro atoms. The zero-order valence-corrected chi connectivity index (χ0v) is 29.5. The predicted octanol–water partition coefficient (Wildman–Crippen LogP) is 14.1. The third kappa shape index (κ3) is 5.34. The van der Waals surface area contributed by atoms with Crippen molar-refractivity contribution < 1.29 is 0 Å². The van der Waals surface area contributed by atoms with E-state index in [2.05, 4.69) is 219 Å². The van der Waals surface area contributed by atoms with Gasteiger partial charge in [0.25, 0.3) is 0 Å². The van der Waals surface area contributed by atoms with Crippen LogP contribution in [-0.2, 0) is 5.41 Å². The van der Waals surface area contributed by atoms with Crippen molar-refractivity contribution in [2.45, 2.75) is 19.3 Å². The molecule has 0 saturated heterocycles. The number of anilines is 3. The highest BCUT2D eigenvalue weighted by atomic mass is 15.1. The number of hydrogen-bond acceptors (Lipinski definition) is 1. The number of para-hydroxylation sites is 2. The van der Waals surface area contributed by atoms with Crippen molar-refractivity contribution in [2.75, 3.05) is 4.90 Å². The third-order valence-corrected chi connectivity index (χ3v) is 10.7. The summed E-state index contributed by atoms with van der Waals surface area (Å²) in [4.78, 5) is 2.50. The minimum atomic E-state index is -0.0930. The molecule has 0 N–H and O–H groups in total. The molecule has 0 heterocycles. The van der Waals surface area contributed by atoms with Crippen LogP contribution in [0.1, 0.15) is 25.0 Å². The standard InChI is InChI=1S/C51H39N/c1-51(2)45-29-15-12-27-43(45)50-42(28-18-30-46(50)51)41-26-14-17-32-48(41)52(47-31-16-13-25-40(47)37-21-8-4-9-22-37)49-34-33-39(36-19-6-3-7-20-36)35-44(49)38-23-10-5-11-24-38/h3-35H,1-2H3. The number of hydrogen-bond donors (Lipinski definition) is 0. The van der Waals surface area contributed by atoms with Crippen LogP contribution >= 0.6 is 0 Å². The molecule has 1 aliphatic carbocycles. The van der Waals surface area contributed by atoms with E-state index in [-0.39, 0.29) is 5.41 Å². The normalized spacial score (nSPS) is 12.6. The topological polar surface area (TPSA) is 3.24 Å². The maximum atomic E-state index is 2.50. The van der Waals surface area contributed by atoms with E-state index in [9.17, 15) is 0 Å². The number of benzene rings is 8. The van der Waals surface area contributed by atoms with Crippen LogP contribution in [0.5, 0.6) is 0 Å². The van der Waals surface area contributed by atoms with Crippen LogP contribution in [0.4, 0.5) is 17.1 Å². The molecule has 248 valence electrons. The first-order chi connectivity index (χ1) is 25.6. The molecule has 1 nitrogen and oxygen atoms in total. The van der Waals surface area contributed by atoms with Gasteiger partial charge in [0.1, 0.15) is 0 Å². The first-order valence-electron chi connectivity index (χ1n) is 18.1. The fourth-order valence-corrected chi connectivity index (χ4v) is 8.19. The second kappa shape index (κ2) is 13.0. The molecule has 52 heavy (non-hydrogen) atoms. The fourth-order valence-electron chi connectivity index (χ4n) is 8.19. The summed E-state index contributed by atoms with van der Waals surface area (Å²) in [5, 5.41) is 0. The summed E-state index contributed by atoms with van der Waals surface area (Å²) in [5.74, 6) is 0. The van der Waals surface area contributed by atoms with Crippen molar-refractivity contribution in [1.29, 1.82) is 0 Å². The van der Waals surface area contributed by atoms with Gasteiger partial charge in [-0.05, 0) is 74.3 Å². The van der Waals surface area contributed by atoms with Gasteiger partial charge in [-0.3, -0.25) is 0 Å². The average Bonchev–Trinajstić information content (AvgIpc) is 3.45. The molecule has 1 heteroatoms. The molecule has 0 atom stereocenters. The molecule has 0 radical (unpaired) electrons. The molecular formula is C51H39N. The van der Waals surface area contributed by atoms with Gasteiger partial charge in [-0.2, -0.15) is 0 Å². The van der Waals surface area contributed by atoms with Crippen molar-refractivity contribution >= 4 is 17.1 Å². The predicted molar refractivity (Wildman–Crippen MR) is 220 cm³/mol. The SMILES string of the molecule is CC1(C)c2ccccc2-c2c(-c3ccccc3N(c3ccccc3-c3ccccc3)c3ccc(-c4ccccc4)cc3-c3ccccc3)cccc21. The van der Waals surface area contributed by atoms with Crippen molar-refractivity contribution in [1.82, 2.24) is 0 Å². The Balaban J connectivity index is 1.35. The fraction of sp³-hybridized carbons (Fsp3) is 0.0588. The van der Waals surface area contributed by atoms with Crippen molar-refractivity contribution in [3.05, 3.63) is 211 Å². The van der Waals surface area contributed by atoms with Gasteiger partial charge in [-0.15, -0.1) is 0 Å². The highest BCUT2D eigenvalue weighted by Gasteiger charge is 2.37. The van der Waals surface area contributed by atoms with Gasteiger partial charge in [0.15, 0.2) is 0 Å². The first kappa shape index (κ1) is 31.5. The Morgan fingerprint density at radius 3 is 1.44 bits per heavy atom. The van der Waals surface area contributed by atoms with Crippen LogP contribution in [-0.4, -0.2) is 0 Å². The lowest BCUT2D eigenvalue weighted by molar-refractivity contribution is 0.660. The van der Waals surface area contributed by atoms with E-state index in [1.165, 1.54) is 66.8 Å². The highest BCUT2D eigenvalue weighted by molar-refractivity contribution is 6.02. The summed E-state index contributed by atoms with van der Waals surface area (Å²) in [6.07, 6.45) is 0. The maximum absolute atomic E-state index is 2.50. The number of fused-ring (bicyclic) bond motifs is 3. The molecule has 8 aromatic rings. The molecule has 0 unspecified atom stereocenters. The lowest BCUT2D eigenvalue weighted by Crippen LogP contribution is -2.15. The zero-order valence-electron chi connectivity index (χ0n) is 29.5. The van der Waals surface area contributed by atoms with Gasteiger partial charge in [0, 0.05) is 22.1 Å². The summed E-state index contributed by atoms with van der Waals surface area (Å²) < 4.78 is 0. The molecule has 0 bridgehead atoms.